The van der Waals surface area contributed by atoms with Gasteiger partial charge >= 0.3 is 122 Å². The molecular formula is C15H29BrSn. The molecule has 0 radical (unpaired) electrons. The minimum atomic E-state index is -2.08. The molecular weight excluding hydrogens is 379 g/mol. The van der Waals surface area contributed by atoms with E-state index < -0.39 is 18.4 Å². The molecule has 0 saturated carbocycles. The van der Waals surface area contributed by atoms with E-state index in [1.807, 2.05) is 0 Å². The van der Waals surface area contributed by atoms with Crippen LogP contribution in [0.2, 0.25) is 13.3 Å². The first-order valence-electron chi connectivity index (χ1n) is 7.30. The molecule has 0 aromatic rings. The van der Waals surface area contributed by atoms with Crippen LogP contribution in [0.3, 0.4) is 0 Å². The van der Waals surface area contributed by atoms with Crippen molar-refractivity contribution in [1.82, 2.24) is 0 Å². The predicted molar refractivity (Wildman–Crippen MR) is 86.5 cm³/mol. The van der Waals surface area contributed by atoms with E-state index in [-0.39, 0.29) is 0 Å². The van der Waals surface area contributed by atoms with Gasteiger partial charge in [0.05, 0.1) is 0 Å². The number of unbranched alkanes of at least 4 members (excludes halogenated alkanes) is 3. The Morgan fingerprint density at radius 2 is 1.24 bits per heavy atom. The number of hydrogen-bond acceptors (Lipinski definition) is 0. The van der Waals surface area contributed by atoms with Gasteiger partial charge in [-0.1, -0.05) is 0 Å². The molecule has 0 atom stereocenters. The van der Waals surface area contributed by atoms with Gasteiger partial charge in [-0.05, 0) is 0 Å². The third-order valence-electron chi connectivity index (χ3n) is 3.45. The molecule has 0 N–H and O–H groups in total. The number of rotatable bonds is 9. The molecule has 0 heterocycles. The van der Waals surface area contributed by atoms with Crippen molar-refractivity contribution in [2.45, 2.75) is 72.6 Å². The van der Waals surface area contributed by atoms with Gasteiger partial charge in [0.2, 0.25) is 0 Å². The van der Waals surface area contributed by atoms with Gasteiger partial charge in [0.25, 0.3) is 0 Å². The van der Waals surface area contributed by atoms with E-state index >= 15 is 0 Å². The summed E-state index contributed by atoms with van der Waals surface area (Å²) in [5, 5.41) is 0.871. The molecule has 0 rings (SSSR count). The minimum absolute atomic E-state index is 0.871. The molecule has 0 aromatic heterocycles. The molecule has 0 saturated heterocycles. The quantitative estimate of drug-likeness (QED) is 0.258. The SMILES string of the molecule is CCC[CH2][Sn]([C]#CCBr)([CH2]CCC)[CH2]CCC. The zero-order valence-corrected chi connectivity index (χ0v) is 16.4. The monoisotopic (exact) mass is 408 g/mol. The van der Waals surface area contributed by atoms with Crippen LogP contribution >= 0.6 is 15.9 Å². The van der Waals surface area contributed by atoms with E-state index in [4.69, 9.17) is 0 Å². The molecule has 0 bridgehead atoms. The Balaban J connectivity index is 4.63. The topological polar surface area (TPSA) is 0 Å². The van der Waals surface area contributed by atoms with E-state index in [0.717, 1.165) is 5.33 Å². The Labute approximate surface area is 121 Å². The summed E-state index contributed by atoms with van der Waals surface area (Å²) >= 11 is 1.38. The molecule has 0 spiro atoms. The summed E-state index contributed by atoms with van der Waals surface area (Å²) in [6, 6.07) is 0. The number of alkyl halides is 1. The summed E-state index contributed by atoms with van der Waals surface area (Å²) in [4.78, 5) is 0. The second-order valence-corrected chi connectivity index (χ2v) is 17.9. The molecule has 2 heteroatoms. The summed E-state index contributed by atoms with van der Waals surface area (Å²) in [6.45, 7) is 6.94. The Hall–Kier alpha value is 0.839. The molecule has 0 fully saturated rings. The summed E-state index contributed by atoms with van der Waals surface area (Å²) in [6.07, 6.45) is 8.27. The van der Waals surface area contributed by atoms with Crippen LogP contribution in [-0.2, 0) is 0 Å². The Morgan fingerprint density at radius 3 is 1.53 bits per heavy atom. The standard InChI is InChI=1S/3C4H9.C3H2Br.Sn/c3*1-3-4-2;1-2-3-4;/h3*1,3-4H2,2H3;3H2;. The first kappa shape index (κ1) is 17.8. The molecule has 100 valence electrons. The van der Waals surface area contributed by atoms with Crippen LogP contribution in [0.5, 0.6) is 0 Å². The summed E-state index contributed by atoms with van der Waals surface area (Å²) < 4.78 is 8.32. The van der Waals surface area contributed by atoms with Gasteiger partial charge in [-0.15, -0.1) is 0 Å². The molecule has 0 aromatic carbocycles. The van der Waals surface area contributed by atoms with E-state index in [0.29, 0.717) is 0 Å². The summed E-state index contributed by atoms with van der Waals surface area (Å²) in [5.74, 6) is 3.38. The third-order valence-corrected chi connectivity index (χ3v) is 17.0. The van der Waals surface area contributed by atoms with Crippen LogP contribution < -0.4 is 0 Å². The van der Waals surface area contributed by atoms with Gasteiger partial charge in [-0.3, -0.25) is 0 Å². The van der Waals surface area contributed by atoms with Crippen molar-refractivity contribution in [3.05, 3.63) is 0 Å². The fourth-order valence-electron chi connectivity index (χ4n) is 2.33. The Kier molecular flexibility index (Phi) is 12.5. The molecule has 17 heavy (non-hydrogen) atoms. The maximum absolute atomic E-state index is 3.80. The molecule has 0 amide bonds. The van der Waals surface area contributed by atoms with E-state index in [2.05, 4.69) is 46.6 Å². The summed E-state index contributed by atoms with van der Waals surface area (Å²) in [7, 11) is 0. The number of halogens is 1. The number of hydrogen-bond donors (Lipinski definition) is 0. The molecule has 0 aliphatic heterocycles. The second kappa shape index (κ2) is 11.9. The van der Waals surface area contributed by atoms with Gasteiger partial charge in [0.1, 0.15) is 0 Å². The fraction of sp³-hybridized carbons (Fsp3) is 0.867. The molecule has 0 aliphatic carbocycles. The van der Waals surface area contributed by atoms with Crippen molar-refractivity contribution in [3.63, 3.8) is 0 Å². The van der Waals surface area contributed by atoms with Crippen LogP contribution in [0, 0.1) is 9.86 Å². The van der Waals surface area contributed by atoms with Crippen LogP contribution in [0.4, 0.5) is 0 Å². The Morgan fingerprint density at radius 1 is 0.824 bits per heavy atom. The van der Waals surface area contributed by atoms with Crippen molar-refractivity contribution >= 4 is 34.3 Å². The van der Waals surface area contributed by atoms with Crippen LogP contribution in [-0.4, -0.2) is 23.7 Å². The maximum atomic E-state index is 3.80. The van der Waals surface area contributed by atoms with Gasteiger partial charge in [0.15, 0.2) is 0 Å². The van der Waals surface area contributed by atoms with Crippen LogP contribution in [0.15, 0.2) is 0 Å². The first-order chi connectivity index (χ1) is 8.24. The second-order valence-electron chi connectivity index (χ2n) is 5.03. The predicted octanol–water partition coefficient (Wildman–Crippen LogP) is 5.77. The van der Waals surface area contributed by atoms with Crippen molar-refractivity contribution in [2.75, 3.05) is 5.33 Å². The van der Waals surface area contributed by atoms with Crippen LogP contribution in [0.1, 0.15) is 59.3 Å². The first-order valence-corrected chi connectivity index (χ1v) is 15.9. The van der Waals surface area contributed by atoms with E-state index in [1.165, 1.54) is 51.8 Å². The Bertz CT molecular complexity index is 205. The van der Waals surface area contributed by atoms with Gasteiger partial charge in [0, 0.05) is 0 Å². The summed E-state index contributed by atoms with van der Waals surface area (Å²) in [5.41, 5.74) is 0. The molecule has 0 aliphatic rings. The van der Waals surface area contributed by atoms with Crippen molar-refractivity contribution in [2.24, 2.45) is 0 Å². The average molecular weight is 408 g/mol. The van der Waals surface area contributed by atoms with Gasteiger partial charge in [-0.2, -0.15) is 0 Å². The van der Waals surface area contributed by atoms with E-state index in [1.54, 1.807) is 0 Å². The normalized spacial score (nSPS) is 11.1. The average Bonchev–Trinajstić information content (AvgIpc) is 2.37. The van der Waals surface area contributed by atoms with Crippen molar-refractivity contribution in [1.29, 1.82) is 0 Å². The van der Waals surface area contributed by atoms with Crippen molar-refractivity contribution in [3.8, 4) is 9.86 Å². The van der Waals surface area contributed by atoms with Crippen LogP contribution in [0.25, 0.3) is 0 Å². The zero-order valence-electron chi connectivity index (χ0n) is 11.9. The fourth-order valence-corrected chi connectivity index (χ4v) is 16.6. The van der Waals surface area contributed by atoms with E-state index in [9.17, 15) is 0 Å². The van der Waals surface area contributed by atoms with Gasteiger partial charge in [-0.25, -0.2) is 0 Å². The third kappa shape index (κ3) is 8.54. The van der Waals surface area contributed by atoms with Crippen molar-refractivity contribution < 1.29 is 0 Å². The molecule has 0 nitrogen and oxygen atoms in total. The van der Waals surface area contributed by atoms with Gasteiger partial charge < -0.3 is 0 Å². The zero-order chi connectivity index (χ0) is 13.0. The molecule has 0 unspecified atom stereocenters.